The van der Waals surface area contributed by atoms with Gasteiger partial charge in [-0.25, -0.2) is 0 Å². The average Bonchev–Trinajstić information content (AvgIpc) is 3.50. The van der Waals surface area contributed by atoms with Crippen molar-refractivity contribution in [3.05, 3.63) is 140 Å². The lowest BCUT2D eigenvalue weighted by Gasteiger charge is -2.09. The van der Waals surface area contributed by atoms with E-state index in [1.807, 2.05) is 6.07 Å². The van der Waals surface area contributed by atoms with Crippen molar-refractivity contribution < 1.29 is 0 Å². The SMILES string of the molecule is [B]c1ccc2c(c1)c1cc(-c3ccc4c(c3)c3ccccc3n4-c3ccccc3)ccc1n2-c1ccccc1. The summed E-state index contributed by atoms with van der Waals surface area (Å²) < 4.78 is 4.68. The molecule has 0 amide bonds. The van der Waals surface area contributed by atoms with E-state index in [0.717, 1.165) is 22.1 Å². The van der Waals surface area contributed by atoms with Gasteiger partial charge in [-0.15, -0.1) is 0 Å². The van der Waals surface area contributed by atoms with Crippen molar-refractivity contribution in [3.63, 3.8) is 0 Å². The summed E-state index contributed by atoms with van der Waals surface area (Å²) in [5.74, 6) is 0. The first-order valence-corrected chi connectivity index (χ1v) is 13.2. The topological polar surface area (TPSA) is 9.86 Å². The van der Waals surface area contributed by atoms with E-state index in [1.54, 1.807) is 0 Å². The Hall–Kier alpha value is -5.02. The van der Waals surface area contributed by atoms with E-state index < -0.39 is 0 Å². The molecule has 0 unspecified atom stereocenters. The Morgan fingerprint density at radius 3 is 1.38 bits per heavy atom. The second kappa shape index (κ2) is 8.51. The summed E-state index contributed by atoms with van der Waals surface area (Å²) in [7, 11) is 6.27. The molecule has 0 aliphatic rings. The minimum atomic E-state index is 0.773. The van der Waals surface area contributed by atoms with Gasteiger partial charge < -0.3 is 9.13 Å². The minimum absolute atomic E-state index is 0.773. The van der Waals surface area contributed by atoms with Gasteiger partial charge in [-0.2, -0.15) is 0 Å². The third-order valence-corrected chi connectivity index (χ3v) is 7.82. The molecule has 180 valence electrons. The molecule has 0 fully saturated rings. The monoisotopic (exact) mass is 494 g/mol. The zero-order valence-electron chi connectivity index (χ0n) is 21.3. The van der Waals surface area contributed by atoms with Crippen LogP contribution in [-0.4, -0.2) is 17.0 Å². The third-order valence-electron chi connectivity index (χ3n) is 7.82. The van der Waals surface area contributed by atoms with E-state index in [-0.39, 0.29) is 0 Å². The molecule has 8 aromatic rings. The Labute approximate surface area is 227 Å². The molecule has 0 spiro atoms. The fraction of sp³-hybridized carbons (Fsp3) is 0. The largest absolute Gasteiger partial charge is 0.309 e. The zero-order chi connectivity index (χ0) is 25.9. The van der Waals surface area contributed by atoms with Crippen LogP contribution in [0.15, 0.2) is 140 Å². The predicted molar refractivity (Wildman–Crippen MR) is 166 cm³/mol. The van der Waals surface area contributed by atoms with Crippen LogP contribution in [0.5, 0.6) is 0 Å². The van der Waals surface area contributed by atoms with Crippen molar-refractivity contribution in [1.82, 2.24) is 9.13 Å². The average molecular weight is 494 g/mol. The van der Waals surface area contributed by atoms with Gasteiger partial charge in [-0.3, -0.25) is 0 Å². The lowest BCUT2D eigenvalue weighted by atomic mass is 9.94. The van der Waals surface area contributed by atoms with E-state index in [4.69, 9.17) is 7.85 Å². The van der Waals surface area contributed by atoms with Crippen molar-refractivity contribution in [3.8, 4) is 22.5 Å². The first-order chi connectivity index (χ1) is 19.3. The van der Waals surface area contributed by atoms with Crippen LogP contribution in [0, 0.1) is 0 Å². The van der Waals surface area contributed by atoms with Gasteiger partial charge in [0.15, 0.2) is 0 Å². The summed E-state index contributed by atoms with van der Waals surface area (Å²) >= 11 is 0. The molecule has 39 heavy (non-hydrogen) atoms. The molecule has 2 aromatic heterocycles. The van der Waals surface area contributed by atoms with E-state index in [0.29, 0.717) is 0 Å². The van der Waals surface area contributed by atoms with Crippen LogP contribution < -0.4 is 5.46 Å². The molecule has 0 aliphatic heterocycles. The highest BCUT2D eigenvalue weighted by Crippen LogP contribution is 2.37. The first kappa shape index (κ1) is 22.0. The number of hydrogen-bond acceptors (Lipinski definition) is 0. The Morgan fingerprint density at radius 2 is 0.795 bits per heavy atom. The highest BCUT2D eigenvalue weighted by molar-refractivity contribution is 6.34. The molecule has 0 saturated carbocycles. The molecule has 2 nitrogen and oxygen atoms in total. The molecule has 3 heteroatoms. The Balaban J connectivity index is 1.37. The number of hydrogen-bond donors (Lipinski definition) is 0. The van der Waals surface area contributed by atoms with E-state index in [2.05, 4.69) is 143 Å². The molecule has 6 aromatic carbocycles. The maximum absolute atomic E-state index is 6.27. The zero-order valence-corrected chi connectivity index (χ0v) is 21.3. The van der Waals surface area contributed by atoms with Gasteiger partial charge in [0.1, 0.15) is 7.85 Å². The number of aromatic nitrogens is 2. The summed E-state index contributed by atoms with van der Waals surface area (Å²) in [6.45, 7) is 0. The summed E-state index contributed by atoms with van der Waals surface area (Å²) in [4.78, 5) is 0. The molecule has 0 atom stereocenters. The minimum Gasteiger partial charge on any atom is -0.309 e. The van der Waals surface area contributed by atoms with E-state index in [9.17, 15) is 0 Å². The highest BCUT2D eigenvalue weighted by Gasteiger charge is 2.16. The Kier molecular flexibility index (Phi) is 4.80. The van der Waals surface area contributed by atoms with Gasteiger partial charge in [0.2, 0.25) is 0 Å². The predicted octanol–water partition coefficient (Wildman–Crippen LogP) is 8.34. The van der Waals surface area contributed by atoms with Gasteiger partial charge in [0.05, 0.1) is 22.1 Å². The molecular formula is C36H23BN2. The summed E-state index contributed by atoms with van der Waals surface area (Å²) in [5, 5.41) is 4.87. The van der Waals surface area contributed by atoms with Gasteiger partial charge in [0, 0.05) is 32.9 Å². The standard InChI is InChI=1S/C36H23BN2/c37-26-17-20-36-32(23-26)31-22-25(16-19-35(31)39(36)28-11-5-2-6-12-28)24-15-18-34-30(21-24)29-13-7-8-14-33(29)38(34)27-9-3-1-4-10-27/h1-23H. The van der Waals surface area contributed by atoms with Crippen LogP contribution in [0.25, 0.3) is 66.1 Å². The molecular weight excluding hydrogens is 471 g/mol. The van der Waals surface area contributed by atoms with Crippen LogP contribution in [0.2, 0.25) is 0 Å². The number of fused-ring (bicyclic) bond motifs is 6. The summed E-state index contributed by atoms with van der Waals surface area (Å²) in [6, 6.07) is 49.6. The van der Waals surface area contributed by atoms with Gasteiger partial charge in [-0.05, 0) is 71.8 Å². The maximum atomic E-state index is 6.27. The molecule has 8 rings (SSSR count). The van der Waals surface area contributed by atoms with Crippen LogP contribution in [0.1, 0.15) is 0 Å². The van der Waals surface area contributed by atoms with Crippen molar-refractivity contribution in [1.29, 1.82) is 0 Å². The Morgan fingerprint density at radius 1 is 0.359 bits per heavy atom. The fourth-order valence-electron chi connectivity index (χ4n) is 6.08. The van der Waals surface area contributed by atoms with Gasteiger partial charge in [0.25, 0.3) is 0 Å². The molecule has 2 radical (unpaired) electrons. The van der Waals surface area contributed by atoms with Gasteiger partial charge >= 0.3 is 0 Å². The fourth-order valence-corrected chi connectivity index (χ4v) is 6.08. The quantitative estimate of drug-likeness (QED) is 0.219. The van der Waals surface area contributed by atoms with Crippen LogP contribution in [0.3, 0.4) is 0 Å². The lowest BCUT2D eigenvalue weighted by molar-refractivity contribution is 1.18. The van der Waals surface area contributed by atoms with E-state index >= 15 is 0 Å². The van der Waals surface area contributed by atoms with Crippen LogP contribution in [0.4, 0.5) is 0 Å². The number of nitrogens with zero attached hydrogens (tertiary/aromatic N) is 2. The number of benzene rings is 6. The molecule has 2 heterocycles. The maximum Gasteiger partial charge on any atom is 0.113 e. The smallest absolute Gasteiger partial charge is 0.113 e. The second-order valence-corrected chi connectivity index (χ2v) is 10.1. The molecule has 0 aliphatic carbocycles. The number of rotatable bonds is 3. The van der Waals surface area contributed by atoms with Crippen molar-refractivity contribution in [2.75, 3.05) is 0 Å². The normalized spacial score (nSPS) is 11.7. The van der Waals surface area contributed by atoms with Crippen molar-refractivity contribution in [2.45, 2.75) is 0 Å². The second-order valence-electron chi connectivity index (χ2n) is 10.1. The molecule has 0 saturated heterocycles. The first-order valence-electron chi connectivity index (χ1n) is 13.2. The highest BCUT2D eigenvalue weighted by atomic mass is 15.0. The summed E-state index contributed by atoms with van der Waals surface area (Å²) in [5.41, 5.74) is 10.2. The number of para-hydroxylation sites is 3. The van der Waals surface area contributed by atoms with Crippen LogP contribution >= 0.6 is 0 Å². The molecule has 0 N–H and O–H groups in total. The Bertz CT molecular complexity index is 2170. The lowest BCUT2D eigenvalue weighted by Crippen LogP contribution is -2.00. The van der Waals surface area contributed by atoms with Crippen molar-refractivity contribution >= 4 is 56.9 Å². The third kappa shape index (κ3) is 3.37. The van der Waals surface area contributed by atoms with E-state index in [1.165, 1.54) is 49.5 Å². The summed E-state index contributed by atoms with van der Waals surface area (Å²) in [6.07, 6.45) is 0. The molecule has 0 bridgehead atoms. The van der Waals surface area contributed by atoms with Gasteiger partial charge in [-0.1, -0.05) is 84.3 Å². The van der Waals surface area contributed by atoms with Crippen molar-refractivity contribution in [2.24, 2.45) is 0 Å². The van der Waals surface area contributed by atoms with Crippen LogP contribution in [-0.2, 0) is 0 Å².